The predicted octanol–water partition coefficient (Wildman–Crippen LogP) is 5.73. The van der Waals surface area contributed by atoms with E-state index in [0.717, 1.165) is 6.07 Å². The van der Waals surface area contributed by atoms with Gasteiger partial charge in [-0.2, -0.15) is 13.2 Å². The second-order valence-corrected chi connectivity index (χ2v) is 4.87. The number of rotatable bonds is 1. The van der Waals surface area contributed by atoms with Crippen LogP contribution in [0.25, 0.3) is 11.3 Å². The Balaban J connectivity index is 2.57. The molecule has 0 N–H and O–H groups in total. The SMILES string of the molecule is FC(F)(F)c1cccc(-c2cc(Cl)c(Cl)cc2Cl)n1. The Morgan fingerprint density at radius 3 is 2.16 bits per heavy atom. The lowest BCUT2D eigenvalue weighted by Crippen LogP contribution is -2.08. The first kappa shape index (κ1) is 14.4. The van der Waals surface area contributed by atoms with Crippen molar-refractivity contribution >= 4 is 34.8 Å². The Labute approximate surface area is 121 Å². The van der Waals surface area contributed by atoms with Crippen LogP contribution in [0, 0.1) is 0 Å². The molecule has 0 bridgehead atoms. The van der Waals surface area contributed by atoms with Gasteiger partial charge >= 0.3 is 6.18 Å². The average molecular weight is 327 g/mol. The number of nitrogens with zero attached hydrogens (tertiary/aromatic N) is 1. The third-order valence-electron chi connectivity index (χ3n) is 2.33. The fourth-order valence-corrected chi connectivity index (χ4v) is 2.11. The second kappa shape index (κ2) is 5.19. The molecule has 0 spiro atoms. The van der Waals surface area contributed by atoms with Crippen LogP contribution < -0.4 is 0 Å². The summed E-state index contributed by atoms with van der Waals surface area (Å²) in [5, 5.41) is 0.601. The largest absolute Gasteiger partial charge is 0.433 e. The zero-order valence-corrected chi connectivity index (χ0v) is 11.4. The zero-order valence-electron chi connectivity index (χ0n) is 9.10. The van der Waals surface area contributed by atoms with E-state index in [1.165, 1.54) is 24.3 Å². The van der Waals surface area contributed by atoms with Crippen LogP contribution in [0.5, 0.6) is 0 Å². The molecule has 7 heteroatoms. The van der Waals surface area contributed by atoms with Gasteiger partial charge < -0.3 is 0 Å². The fourth-order valence-electron chi connectivity index (χ4n) is 1.46. The van der Waals surface area contributed by atoms with E-state index in [4.69, 9.17) is 34.8 Å². The maximum atomic E-state index is 12.6. The number of hydrogen-bond donors (Lipinski definition) is 0. The normalized spacial score (nSPS) is 11.7. The molecule has 0 saturated heterocycles. The maximum Gasteiger partial charge on any atom is 0.433 e. The van der Waals surface area contributed by atoms with Crippen molar-refractivity contribution in [1.82, 2.24) is 4.98 Å². The average Bonchev–Trinajstić information content (AvgIpc) is 2.33. The lowest BCUT2D eigenvalue weighted by molar-refractivity contribution is -0.141. The smallest absolute Gasteiger partial charge is 0.243 e. The second-order valence-electron chi connectivity index (χ2n) is 3.65. The third kappa shape index (κ3) is 3.14. The van der Waals surface area contributed by atoms with Gasteiger partial charge in [0.05, 0.1) is 20.8 Å². The van der Waals surface area contributed by atoms with Gasteiger partial charge in [0.2, 0.25) is 0 Å². The summed E-state index contributed by atoms with van der Waals surface area (Å²) in [7, 11) is 0. The summed E-state index contributed by atoms with van der Waals surface area (Å²) in [6.45, 7) is 0. The van der Waals surface area contributed by atoms with Crippen LogP contribution >= 0.6 is 34.8 Å². The summed E-state index contributed by atoms with van der Waals surface area (Å²) >= 11 is 17.5. The topological polar surface area (TPSA) is 12.9 Å². The Hall–Kier alpha value is -0.970. The van der Waals surface area contributed by atoms with E-state index in [2.05, 4.69) is 4.98 Å². The molecule has 0 radical (unpaired) electrons. The summed E-state index contributed by atoms with van der Waals surface area (Å²) < 4.78 is 37.8. The molecule has 0 aliphatic carbocycles. The van der Waals surface area contributed by atoms with E-state index in [9.17, 15) is 13.2 Å². The molecule has 19 heavy (non-hydrogen) atoms. The number of alkyl halides is 3. The number of hydrogen-bond acceptors (Lipinski definition) is 1. The molecular formula is C12H5Cl3F3N. The van der Waals surface area contributed by atoms with E-state index < -0.39 is 11.9 Å². The van der Waals surface area contributed by atoms with Gasteiger partial charge in [0.1, 0.15) is 5.69 Å². The van der Waals surface area contributed by atoms with E-state index in [1.54, 1.807) is 0 Å². The monoisotopic (exact) mass is 325 g/mol. The van der Waals surface area contributed by atoms with Crippen LogP contribution in [0.2, 0.25) is 15.1 Å². The molecule has 2 aromatic rings. The van der Waals surface area contributed by atoms with Gasteiger partial charge in [-0.15, -0.1) is 0 Å². The summed E-state index contributed by atoms with van der Waals surface area (Å²) in [4.78, 5) is 3.53. The zero-order chi connectivity index (χ0) is 14.2. The van der Waals surface area contributed by atoms with E-state index >= 15 is 0 Å². The van der Waals surface area contributed by atoms with Gasteiger partial charge in [-0.3, -0.25) is 0 Å². The van der Waals surface area contributed by atoms with Crippen LogP contribution in [0.3, 0.4) is 0 Å². The minimum Gasteiger partial charge on any atom is -0.243 e. The molecule has 0 fully saturated rings. The molecule has 0 aliphatic heterocycles. The van der Waals surface area contributed by atoms with Crippen LogP contribution in [0.1, 0.15) is 5.69 Å². The van der Waals surface area contributed by atoms with Gasteiger partial charge in [-0.05, 0) is 24.3 Å². The molecule has 1 nitrogen and oxygen atoms in total. The highest BCUT2D eigenvalue weighted by atomic mass is 35.5. The molecule has 1 aromatic carbocycles. The number of pyridine rings is 1. The molecule has 0 atom stereocenters. The summed E-state index contributed by atoms with van der Waals surface area (Å²) in [6, 6.07) is 6.30. The number of halogens is 6. The van der Waals surface area contributed by atoms with Gasteiger partial charge in [-0.1, -0.05) is 40.9 Å². The predicted molar refractivity (Wildman–Crippen MR) is 69.7 cm³/mol. The van der Waals surface area contributed by atoms with Gasteiger partial charge in [0.15, 0.2) is 0 Å². The summed E-state index contributed by atoms with van der Waals surface area (Å²) in [6.07, 6.45) is -4.52. The molecule has 0 unspecified atom stereocenters. The Kier molecular flexibility index (Phi) is 3.95. The first-order valence-corrected chi connectivity index (χ1v) is 6.11. The summed E-state index contributed by atoms with van der Waals surface area (Å²) in [5.41, 5.74) is -0.618. The molecular weight excluding hydrogens is 321 g/mol. The molecule has 1 aromatic heterocycles. The highest BCUT2D eigenvalue weighted by molar-refractivity contribution is 6.44. The molecule has 0 amide bonds. The highest BCUT2D eigenvalue weighted by Gasteiger charge is 2.32. The minimum absolute atomic E-state index is 0.0818. The first-order valence-electron chi connectivity index (χ1n) is 4.98. The van der Waals surface area contributed by atoms with Gasteiger partial charge in [0, 0.05) is 5.56 Å². The van der Waals surface area contributed by atoms with E-state index in [0.29, 0.717) is 5.56 Å². The molecule has 0 aliphatic rings. The highest BCUT2D eigenvalue weighted by Crippen LogP contribution is 2.36. The van der Waals surface area contributed by atoms with Crippen LogP contribution in [0.15, 0.2) is 30.3 Å². The lowest BCUT2D eigenvalue weighted by Gasteiger charge is -2.09. The van der Waals surface area contributed by atoms with Crippen molar-refractivity contribution in [1.29, 1.82) is 0 Å². The van der Waals surface area contributed by atoms with Crippen molar-refractivity contribution in [2.75, 3.05) is 0 Å². The summed E-state index contributed by atoms with van der Waals surface area (Å²) in [5.74, 6) is 0. The van der Waals surface area contributed by atoms with Crippen molar-refractivity contribution in [2.24, 2.45) is 0 Å². The number of aromatic nitrogens is 1. The maximum absolute atomic E-state index is 12.6. The first-order chi connectivity index (χ1) is 8.79. The van der Waals surface area contributed by atoms with Gasteiger partial charge in [-0.25, -0.2) is 4.98 Å². The quantitative estimate of drug-likeness (QED) is 0.610. The standard InChI is InChI=1S/C12H5Cl3F3N/c13-7-5-9(15)8(14)4-6(7)10-2-1-3-11(19-10)12(16,17)18/h1-5H. The van der Waals surface area contributed by atoms with Crippen LogP contribution in [-0.2, 0) is 6.18 Å². The van der Waals surface area contributed by atoms with Crippen molar-refractivity contribution < 1.29 is 13.2 Å². The fraction of sp³-hybridized carbons (Fsp3) is 0.0833. The Bertz CT molecular complexity index is 626. The van der Waals surface area contributed by atoms with E-state index in [1.807, 2.05) is 0 Å². The molecule has 100 valence electrons. The molecule has 0 saturated carbocycles. The van der Waals surface area contributed by atoms with Gasteiger partial charge in [0.25, 0.3) is 0 Å². The Morgan fingerprint density at radius 1 is 0.895 bits per heavy atom. The molecule has 2 rings (SSSR count). The number of benzene rings is 1. The Morgan fingerprint density at radius 2 is 1.53 bits per heavy atom. The lowest BCUT2D eigenvalue weighted by atomic mass is 10.1. The van der Waals surface area contributed by atoms with Crippen LogP contribution in [-0.4, -0.2) is 4.98 Å². The van der Waals surface area contributed by atoms with E-state index in [-0.39, 0.29) is 20.8 Å². The van der Waals surface area contributed by atoms with Crippen molar-refractivity contribution in [3.8, 4) is 11.3 Å². The molecule has 1 heterocycles. The van der Waals surface area contributed by atoms with Crippen molar-refractivity contribution in [3.63, 3.8) is 0 Å². The van der Waals surface area contributed by atoms with Crippen molar-refractivity contribution in [2.45, 2.75) is 6.18 Å². The minimum atomic E-state index is -4.52. The van der Waals surface area contributed by atoms with Crippen molar-refractivity contribution in [3.05, 3.63) is 51.1 Å². The van der Waals surface area contributed by atoms with Crippen LogP contribution in [0.4, 0.5) is 13.2 Å². The third-order valence-corrected chi connectivity index (χ3v) is 3.36.